The Bertz CT molecular complexity index is 428. The van der Waals surface area contributed by atoms with E-state index in [9.17, 15) is 15.0 Å². The van der Waals surface area contributed by atoms with E-state index in [1.807, 2.05) is 6.07 Å². The molecule has 0 saturated carbocycles. The van der Waals surface area contributed by atoms with Gasteiger partial charge in [-0.2, -0.15) is 0 Å². The minimum atomic E-state index is -0.960. The van der Waals surface area contributed by atoms with Gasteiger partial charge in [-0.25, -0.2) is 0 Å². The van der Waals surface area contributed by atoms with E-state index in [0.29, 0.717) is 4.88 Å². The summed E-state index contributed by atoms with van der Waals surface area (Å²) in [5, 5.41) is 21.1. The van der Waals surface area contributed by atoms with Gasteiger partial charge in [0, 0.05) is 4.88 Å². The zero-order valence-corrected chi connectivity index (χ0v) is 12.1. The van der Waals surface area contributed by atoms with E-state index in [0.717, 1.165) is 12.8 Å². The summed E-state index contributed by atoms with van der Waals surface area (Å²) in [7, 11) is 0. The van der Waals surface area contributed by atoms with Gasteiger partial charge < -0.3 is 15.5 Å². The predicted molar refractivity (Wildman–Crippen MR) is 75.6 cm³/mol. The molecule has 106 valence electrons. The van der Waals surface area contributed by atoms with E-state index in [-0.39, 0.29) is 19.1 Å². The first kappa shape index (κ1) is 14.5. The number of hydrogen-bond acceptors (Lipinski definition) is 4. The fourth-order valence-electron chi connectivity index (χ4n) is 2.24. The van der Waals surface area contributed by atoms with Crippen LogP contribution in [-0.4, -0.2) is 34.9 Å². The van der Waals surface area contributed by atoms with Gasteiger partial charge in [0.25, 0.3) is 5.91 Å². The van der Waals surface area contributed by atoms with Crippen LogP contribution in [0.25, 0.3) is 0 Å². The molecule has 1 aliphatic carbocycles. The van der Waals surface area contributed by atoms with Crippen LogP contribution in [0.3, 0.4) is 0 Å². The number of carbonyl (C=O) groups is 1. The summed E-state index contributed by atoms with van der Waals surface area (Å²) in [6.45, 7) is 1.07. The first-order valence-corrected chi connectivity index (χ1v) is 7.55. The summed E-state index contributed by atoms with van der Waals surface area (Å²) in [4.78, 5) is 14.2. The summed E-state index contributed by atoms with van der Waals surface area (Å²) in [6.07, 6.45) is 5.76. The molecule has 0 unspecified atom stereocenters. The highest BCUT2D eigenvalue weighted by Gasteiger charge is 2.26. The van der Waals surface area contributed by atoms with Crippen LogP contribution in [0.1, 0.15) is 46.3 Å². The summed E-state index contributed by atoms with van der Waals surface area (Å²) < 4.78 is 0. The van der Waals surface area contributed by atoms with E-state index in [4.69, 9.17) is 0 Å². The van der Waals surface area contributed by atoms with Gasteiger partial charge in [-0.1, -0.05) is 6.42 Å². The molecule has 4 nitrogen and oxygen atoms in total. The predicted octanol–water partition coefficient (Wildman–Crippen LogP) is 1.49. The molecule has 3 N–H and O–H groups in total. The van der Waals surface area contributed by atoms with Crippen molar-refractivity contribution in [3.05, 3.63) is 21.4 Å². The lowest BCUT2D eigenvalue weighted by Crippen LogP contribution is -2.51. The van der Waals surface area contributed by atoms with Crippen molar-refractivity contribution in [2.45, 2.75) is 44.6 Å². The van der Waals surface area contributed by atoms with Crippen molar-refractivity contribution >= 4 is 17.2 Å². The second kappa shape index (κ2) is 6.03. The lowest BCUT2D eigenvalue weighted by atomic mass is 10.1. The fourth-order valence-corrected chi connectivity index (χ4v) is 3.39. The highest BCUT2D eigenvalue weighted by Crippen LogP contribution is 2.29. The molecule has 19 heavy (non-hydrogen) atoms. The van der Waals surface area contributed by atoms with E-state index >= 15 is 0 Å². The van der Waals surface area contributed by atoms with Crippen LogP contribution >= 0.6 is 11.3 Å². The van der Waals surface area contributed by atoms with Gasteiger partial charge in [-0.15, -0.1) is 11.3 Å². The number of hydrogen-bond donors (Lipinski definition) is 3. The molecule has 0 fully saturated rings. The normalized spacial score (nSPS) is 15.7. The molecule has 0 spiro atoms. The number of amides is 1. The number of fused-ring (bicyclic) bond motifs is 1. The second-order valence-electron chi connectivity index (χ2n) is 5.45. The van der Waals surface area contributed by atoms with Crippen molar-refractivity contribution in [3.8, 4) is 0 Å². The quantitative estimate of drug-likeness (QED) is 0.733. The van der Waals surface area contributed by atoms with Crippen LogP contribution in [0.5, 0.6) is 0 Å². The SMILES string of the molecule is CC(CO)(CO)NC(=O)c1cc2c(s1)CCCCC2. The molecular weight excluding hydrogens is 262 g/mol. The van der Waals surface area contributed by atoms with Gasteiger partial charge in [-0.3, -0.25) is 4.79 Å². The maximum Gasteiger partial charge on any atom is 0.261 e. The van der Waals surface area contributed by atoms with E-state index in [1.54, 1.807) is 18.3 Å². The van der Waals surface area contributed by atoms with Gasteiger partial charge >= 0.3 is 0 Å². The lowest BCUT2D eigenvalue weighted by molar-refractivity contribution is 0.0727. The molecule has 2 rings (SSSR count). The largest absolute Gasteiger partial charge is 0.394 e. The maximum absolute atomic E-state index is 12.2. The first-order chi connectivity index (χ1) is 9.08. The number of thiophene rings is 1. The van der Waals surface area contributed by atoms with E-state index in [2.05, 4.69) is 5.32 Å². The van der Waals surface area contributed by atoms with Gasteiger partial charge in [0.05, 0.1) is 23.6 Å². The summed E-state index contributed by atoms with van der Waals surface area (Å²) >= 11 is 1.54. The molecule has 1 heterocycles. The Hall–Kier alpha value is -0.910. The monoisotopic (exact) mass is 283 g/mol. The number of aryl methyl sites for hydroxylation is 2. The summed E-state index contributed by atoms with van der Waals surface area (Å²) in [5.41, 5.74) is 0.334. The third-order valence-corrected chi connectivity index (χ3v) is 4.82. The molecule has 0 atom stereocenters. The van der Waals surface area contributed by atoms with E-state index in [1.165, 1.54) is 29.7 Å². The molecule has 5 heteroatoms. The Kier molecular flexibility index (Phi) is 4.60. The van der Waals surface area contributed by atoms with Gasteiger partial charge in [0.15, 0.2) is 0 Å². The molecule has 0 bridgehead atoms. The van der Waals surface area contributed by atoms with Crippen molar-refractivity contribution in [2.24, 2.45) is 0 Å². The number of aliphatic hydroxyl groups excluding tert-OH is 2. The Morgan fingerprint density at radius 2 is 2.00 bits per heavy atom. The summed E-state index contributed by atoms with van der Waals surface area (Å²) in [6, 6.07) is 1.97. The first-order valence-electron chi connectivity index (χ1n) is 6.74. The van der Waals surface area contributed by atoms with Crippen LogP contribution < -0.4 is 5.32 Å². The highest BCUT2D eigenvalue weighted by molar-refractivity contribution is 7.14. The van der Waals surface area contributed by atoms with Crippen molar-refractivity contribution in [1.82, 2.24) is 5.32 Å². The molecule has 0 saturated heterocycles. The molecule has 1 aromatic heterocycles. The van der Waals surface area contributed by atoms with E-state index < -0.39 is 5.54 Å². The van der Waals surface area contributed by atoms with Crippen molar-refractivity contribution in [1.29, 1.82) is 0 Å². The number of aliphatic hydroxyl groups is 2. The number of nitrogens with one attached hydrogen (secondary N) is 1. The number of rotatable bonds is 4. The van der Waals surface area contributed by atoms with Crippen LogP contribution in [0, 0.1) is 0 Å². The standard InChI is InChI=1S/C14H21NO3S/c1-14(8-16,9-17)15-13(18)12-7-10-5-3-2-4-6-11(10)19-12/h7,16-17H,2-6,8-9H2,1H3,(H,15,18). The minimum absolute atomic E-state index is 0.205. The second-order valence-corrected chi connectivity index (χ2v) is 6.59. The molecule has 1 aliphatic rings. The van der Waals surface area contributed by atoms with Crippen molar-refractivity contribution in [2.75, 3.05) is 13.2 Å². The Morgan fingerprint density at radius 3 is 2.68 bits per heavy atom. The lowest BCUT2D eigenvalue weighted by Gasteiger charge is -2.25. The van der Waals surface area contributed by atoms with Crippen LogP contribution in [0.15, 0.2) is 6.07 Å². The van der Waals surface area contributed by atoms with Crippen molar-refractivity contribution in [3.63, 3.8) is 0 Å². The molecule has 0 aromatic carbocycles. The molecule has 1 aromatic rings. The Morgan fingerprint density at radius 1 is 1.32 bits per heavy atom. The maximum atomic E-state index is 12.2. The van der Waals surface area contributed by atoms with Gasteiger partial charge in [0.2, 0.25) is 0 Å². The molecule has 1 amide bonds. The zero-order chi connectivity index (χ0) is 13.9. The average Bonchev–Trinajstić information content (AvgIpc) is 2.70. The Balaban J connectivity index is 2.12. The van der Waals surface area contributed by atoms with Crippen LogP contribution in [-0.2, 0) is 12.8 Å². The van der Waals surface area contributed by atoms with Gasteiger partial charge in [-0.05, 0) is 44.2 Å². The highest BCUT2D eigenvalue weighted by atomic mass is 32.1. The third-order valence-electron chi connectivity index (χ3n) is 3.58. The van der Waals surface area contributed by atoms with Crippen LogP contribution in [0.4, 0.5) is 0 Å². The smallest absolute Gasteiger partial charge is 0.261 e. The van der Waals surface area contributed by atoms with Crippen LogP contribution in [0.2, 0.25) is 0 Å². The number of carbonyl (C=O) groups excluding carboxylic acids is 1. The third kappa shape index (κ3) is 3.35. The molecular formula is C14H21NO3S. The minimum Gasteiger partial charge on any atom is -0.394 e. The zero-order valence-electron chi connectivity index (χ0n) is 11.2. The topological polar surface area (TPSA) is 69.6 Å². The molecule has 0 aliphatic heterocycles. The molecule has 0 radical (unpaired) electrons. The van der Waals surface area contributed by atoms with Crippen molar-refractivity contribution < 1.29 is 15.0 Å². The fraction of sp³-hybridized carbons (Fsp3) is 0.643. The average molecular weight is 283 g/mol. The van der Waals surface area contributed by atoms with Gasteiger partial charge in [0.1, 0.15) is 0 Å². The Labute approximate surface area is 117 Å². The summed E-state index contributed by atoms with van der Waals surface area (Å²) in [5.74, 6) is -0.205.